The van der Waals surface area contributed by atoms with E-state index in [4.69, 9.17) is 16.3 Å². The number of nitrogens with zero attached hydrogens (tertiary/aromatic N) is 2. The van der Waals surface area contributed by atoms with Crippen molar-refractivity contribution in [3.63, 3.8) is 0 Å². The Labute approximate surface area is 126 Å². The Morgan fingerprint density at radius 3 is 3.15 bits per heavy atom. The quantitative estimate of drug-likeness (QED) is 0.785. The predicted molar refractivity (Wildman–Crippen MR) is 81.6 cm³/mol. The zero-order valence-corrected chi connectivity index (χ0v) is 12.5. The summed E-state index contributed by atoms with van der Waals surface area (Å²) in [6.45, 7) is 1.11. The number of ether oxygens (including phenoxy) is 1. The van der Waals surface area contributed by atoms with Crippen molar-refractivity contribution in [1.82, 2.24) is 14.7 Å². The molecule has 2 aromatic heterocycles. The van der Waals surface area contributed by atoms with E-state index in [-0.39, 0.29) is 0 Å². The van der Waals surface area contributed by atoms with Crippen LogP contribution in [-0.4, -0.2) is 16.4 Å². The number of aromatic nitrogens is 2. The molecule has 0 unspecified atom stereocenters. The van der Waals surface area contributed by atoms with Crippen molar-refractivity contribution in [2.75, 3.05) is 7.05 Å². The molecule has 3 aromatic rings. The molecule has 0 aliphatic heterocycles. The predicted octanol–water partition coefficient (Wildman–Crippen LogP) is 3.35. The molecule has 6 heteroatoms. The van der Waals surface area contributed by atoms with Gasteiger partial charge in [0, 0.05) is 34.9 Å². The normalized spacial score (nSPS) is 11.1. The second-order valence-corrected chi connectivity index (χ2v) is 5.64. The molecule has 104 valence electrons. The van der Waals surface area contributed by atoms with E-state index < -0.39 is 0 Å². The molecule has 0 aliphatic rings. The van der Waals surface area contributed by atoms with Crippen molar-refractivity contribution < 1.29 is 4.74 Å². The SMILES string of the molecule is CNCc1c(Cl)cccc1OCc1cn2ccsc2n1. The minimum atomic E-state index is 0.436. The molecule has 20 heavy (non-hydrogen) atoms. The minimum absolute atomic E-state index is 0.436. The highest BCUT2D eigenvalue weighted by molar-refractivity contribution is 7.15. The lowest BCUT2D eigenvalue weighted by Gasteiger charge is -2.11. The zero-order valence-electron chi connectivity index (χ0n) is 11.0. The van der Waals surface area contributed by atoms with Gasteiger partial charge >= 0.3 is 0 Å². The first-order chi connectivity index (χ1) is 9.78. The standard InChI is InChI=1S/C14H14ClN3OS/c1-16-7-11-12(15)3-2-4-13(11)19-9-10-8-18-5-6-20-14(18)17-10/h2-6,8,16H,7,9H2,1H3. The molecule has 0 bridgehead atoms. The summed E-state index contributed by atoms with van der Waals surface area (Å²) in [4.78, 5) is 5.47. The Hall–Kier alpha value is -1.56. The average Bonchev–Trinajstić information content (AvgIpc) is 3.00. The summed E-state index contributed by atoms with van der Waals surface area (Å²) in [5.41, 5.74) is 1.88. The van der Waals surface area contributed by atoms with Gasteiger partial charge in [0.2, 0.25) is 0 Å². The van der Waals surface area contributed by atoms with Gasteiger partial charge in [-0.3, -0.25) is 4.40 Å². The first-order valence-electron chi connectivity index (χ1n) is 6.24. The Kier molecular flexibility index (Phi) is 3.91. The van der Waals surface area contributed by atoms with Crippen LogP contribution in [0, 0.1) is 0 Å². The Morgan fingerprint density at radius 2 is 2.35 bits per heavy atom. The van der Waals surface area contributed by atoms with Gasteiger partial charge in [0.15, 0.2) is 4.96 Å². The molecule has 0 radical (unpaired) electrons. The maximum atomic E-state index is 6.20. The lowest BCUT2D eigenvalue weighted by Crippen LogP contribution is -2.08. The molecule has 0 atom stereocenters. The topological polar surface area (TPSA) is 38.6 Å². The molecular weight excluding hydrogens is 294 g/mol. The maximum Gasteiger partial charge on any atom is 0.193 e. The summed E-state index contributed by atoms with van der Waals surface area (Å²) in [7, 11) is 1.89. The van der Waals surface area contributed by atoms with E-state index in [0.717, 1.165) is 22.0 Å². The van der Waals surface area contributed by atoms with Crippen molar-refractivity contribution >= 4 is 27.9 Å². The first-order valence-corrected chi connectivity index (χ1v) is 7.49. The van der Waals surface area contributed by atoms with Crippen molar-refractivity contribution in [1.29, 1.82) is 0 Å². The molecule has 0 saturated heterocycles. The van der Waals surface area contributed by atoms with Gasteiger partial charge in [0.05, 0.1) is 5.69 Å². The number of rotatable bonds is 5. The minimum Gasteiger partial charge on any atom is -0.487 e. The lowest BCUT2D eigenvalue weighted by atomic mass is 10.2. The van der Waals surface area contributed by atoms with Gasteiger partial charge in [-0.25, -0.2) is 4.98 Å². The fourth-order valence-electron chi connectivity index (χ4n) is 2.02. The molecule has 3 rings (SSSR count). The van der Waals surface area contributed by atoms with Gasteiger partial charge in [-0.1, -0.05) is 17.7 Å². The van der Waals surface area contributed by atoms with E-state index in [2.05, 4.69) is 10.3 Å². The van der Waals surface area contributed by atoms with Crippen LogP contribution in [0.3, 0.4) is 0 Å². The van der Waals surface area contributed by atoms with Crippen LogP contribution in [0.1, 0.15) is 11.3 Å². The van der Waals surface area contributed by atoms with Crippen molar-refractivity contribution in [3.8, 4) is 5.75 Å². The number of hydrogen-bond acceptors (Lipinski definition) is 4. The highest BCUT2D eigenvalue weighted by Crippen LogP contribution is 2.27. The number of imidazole rings is 1. The smallest absolute Gasteiger partial charge is 0.193 e. The Balaban J connectivity index is 1.77. The van der Waals surface area contributed by atoms with E-state index >= 15 is 0 Å². The average molecular weight is 308 g/mol. The van der Waals surface area contributed by atoms with E-state index in [9.17, 15) is 0 Å². The molecule has 0 amide bonds. The molecule has 0 spiro atoms. The summed E-state index contributed by atoms with van der Waals surface area (Å²) in [5.74, 6) is 0.795. The summed E-state index contributed by atoms with van der Waals surface area (Å²) in [6, 6.07) is 5.69. The van der Waals surface area contributed by atoms with Gasteiger partial charge in [0.1, 0.15) is 12.4 Å². The van der Waals surface area contributed by atoms with Crippen molar-refractivity contribution in [2.45, 2.75) is 13.2 Å². The van der Waals surface area contributed by atoms with Gasteiger partial charge in [-0.2, -0.15) is 0 Å². The third kappa shape index (κ3) is 2.65. The van der Waals surface area contributed by atoms with Crippen LogP contribution in [0.2, 0.25) is 5.02 Å². The molecule has 0 aliphatic carbocycles. The maximum absolute atomic E-state index is 6.20. The van der Waals surface area contributed by atoms with Gasteiger partial charge in [-0.05, 0) is 19.2 Å². The summed E-state index contributed by atoms with van der Waals surface area (Å²) in [5, 5.41) is 5.82. The van der Waals surface area contributed by atoms with Crippen LogP contribution in [0.4, 0.5) is 0 Å². The highest BCUT2D eigenvalue weighted by atomic mass is 35.5. The molecule has 1 aromatic carbocycles. The van der Waals surface area contributed by atoms with Crippen LogP contribution in [-0.2, 0) is 13.2 Å². The molecule has 0 saturated carbocycles. The molecular formula is C14H14ClN3OS. The number of fused-ring (bicyclic) bond motifs is 1. The molecule has 2 heterocycles. The molecule has 1 N–H and O–H groups in total. The fourth-order valence-corrected chi connectivity index (χ4v) is 2.97. The van der Waals surface area contributed by atoms with E-state index in [1.165, 1.54) is 0 Å². The largest absolute Gasteiger partial charge is 0.487 e. The fraction of sp³-hybridized carbons (Fsp3) is 0.214. The first kappa shape index (κ1) is 13.4. The van der Waals surface area contributed by atoms with E-state index in [0.29, 0.717) is 18.2 Å². The Morgan fingerprint density at radius 1 is 1.45 bits per heavy atom. The highest BCUT2D eigenvalue weighted by Gasteiger charge is 2.09. The molecule has 0 fully saturated rings. The zero-order chi connectivity index (χ0) is 13.9. The van der Waals surface area contributed by atoms with Crippen LogP contribution < -0.4 is 10.1 Å². The van der Waals surface area contributed by atoms with E-state index in [1.54, 1.807) is 11.3 Å². The number of thiazole rings is 1. The molecule has 4 nitrogen and oxygen atoms in total. The summed E-state index contributed by atoms with van der Waals surface area (Å²) in [6.07, 6.45) is 3.97. The van der Waals surface area contributed by atoms with Gasteiger partial charge < -0.3 is 10.1 Å². The van der Waals surface area contributed by atoms with Crippen molar-refractivity contribution in [2.24, 2.45) is 0 Å². The van der Waals surface area contributed by atoms with Gasteiger partial charge in [0.25, 0.3) is 0 Å². The number of benzene rings is 1. The lowest BCUT2D eigenvalue weighted by molar-refractivity contribution is 0.298. The van der Waals surface area contributed by atoms with Crippen LogP contribution in [0.15, 0.2) is 36.0 Å². The third-order valence-electron chi connectivity index (χ3n) is 2.95. The van der Waals surface area contributed by atoms with Crippen LogP contribution in [0.5, 0.6) is 5.75 Å². The third-order valence-corrected chi connectivity index (χ3v) is 4.07. The van der Waals surface area contributed by atoms with Crippen molar-refractivity contribution in [3.05, 3.63) is 52.3 Å². The second kappa shape index (κ2) is 5.83. The Bertz CT molecular complexity index is 694. The van der Waals surface area contributed by atoms with Gasteiger partial charge in [-0.15, -0.1) is 11.3 Å². The summed E-state index contributed by atoms with van der Waals surface area (Å²) < 4.78 is 7.86. The summed E-state index contributed by atoms with van der Waals surface area (Å²) >= 11 is 7.81. The van der Waals surface area contributed by atoms with Crippen LogP contribution >= 0.6 is 22.9 Å². The number of halogens is 1. The second-order valence-electron chi connectivity index (χ2n) is 4.36. The number of hydrogen-bond donors (Lipinski definition) is 1. The van der Waals surface area contributed by atoms with E-state index in [1.807, 2.05) is 47.4 Å². The number of nitrogens with one attached hydrogen (secondary N) is 1. The van der Waals surface area contributed by atoms with Crippen LogP contribution in [0.25, 0.3) is 4.96 Å². The monoisotopic (exact) mass is 307 g/mol.